The van der Waals surface area contributed by atoms with E-state index in [1.54, 1.807) is 36.6 Å². The minimum atomic E-state index is 0.357. The molecule has 0 spiro atoms. The van der Waals surface area contributed by atoms with Gasteiger partial charge in [-0.15, -0.1) is 21.5 Å². The normalized spacial score (nSPS) is 11.2. The summed E-state index contributed by atoms with van der Waals surface area (Å²) in [4.78, 5) is 4.61. The maximum atomic E-state index is 6.18. The number of hydrogen-bond donors (Lipinski definition) is 0. The van der Waals surface area contributed by atoms with Crippen LogP contribution in [-0.2, 0) is 6.42 Å². The Bertz CT molecular complexity index is 1060. The van der Waals surface area contributed by atoms with Gasteiger partial charge in [0.1, 0.15) is 16.3 Å². The van der Waals surface area contributed by atoms with E-state index in [1.807, 2.05) is 18.2 Å². The van der Waals surface area contributed by atoms with E-state index in [2.05, 4.69) is 15.2 Å². The number of ether oxygens (including phenoxy) is 1. The molecule has 2 aromatic carbocycles. The standard InChI is InChI=1S/C17H11Cl2N3O2S/c1-23-12-3-2-4-13-16(12)20-15(25-13)8-14-21-22-17(24-14)10-6-5-9(18)7-11(10)19/h2-7H,8H2,1H3. The van der Waals surface area contributed by atoms with Crippen LogP contribution >= 0.6 is 34.5 Å². The van der Waals surface area contributed by atoms with E-state index in [9.17, 15) is 0 Å². The van der Waals surface area contributed by atoms with Crippen LogP contribution in [-0.4, -0.2) is 22.3 Å². The van der Waals surface area contributed by atoms with Crippen molar-refractivity contribution in [1.29, 1.82) is 0 Å². The van der Waals surface area contributed by atoms with Crippen molar-refractivity contribution >= 4 is 44.8 Å². The second-order valence-corrected chi connectivity index (χ2v) is 7.18. The highest BCUT2D eigenvalue weighted by molar-refractivity contribution is 7.18. The summed E-state index contributed by atoms with van der Waals surface area (Å²) in [5.74, 6) is 1.58. The molecule has 126 valence electrons. The van der Waals surface area contributed by atoms with Crippen LogP contribution in [0, 0.1) is 0 Å². The van der Waals surface area contributed by atoms with Crippen LogP contribution in [0.4, 0.5) is 0 Å². The van der Waals surface area contributed by atoms with E-state index >= 15 is 0 Å². The predicted octanol–water partition coefficient (Wildman–Crippen LogP) is 5.25. The summed E-state index contributed by atoms with van der Waals surface area (Å²) in [7, 11) is 1.63. The Balaban J connectivity index is 1.63. The van der Waals surface area contributed by atoms with Crippen molar-refractivity contribution in [2.45, 2.75) is 6.42 Å². The Kier molecular flexibility index (Phi) is 4.33. The average molecular weight is 392 g/mol. The summed E-state index contributed by atoms with van der Waals surface area (Å²) in [5, 5.41) is 10.1. The highest BCUT2D eigenvalue weighted by Crippen LogP contribution is 2.32. The van der Waals surface area contributed by atoms with Gasteiger partial charge in [0.15, 0.2) is 0 Å². The second-order valence-electron chi connectivity index (χ2n) is 5.22. The monoisotopic (exact) mass is 391 g/mol. The number of nitrogens with zero attached hydrogens (tertiary/aromatic N) is 3. The van der Waals surface area contributed by atoms with Gasteiger partial charge >= 0.3 is 0 Å². The molecule has 8 heteroatoms. The lowest BCUT2D eigenvalue weighted by Crippen LogP contribution is -1.88. The van der Waals surface area contributed by atoms with Crippen LogP contribution in [0.15, 0.2) is 40.8 Å². The van der Waals surface area contributed by atoms with Gasteiger partial charge in [-0.2, -0.15) is 0 Å². The zero-order valence-electron chi connectivity index (χ0n) is 13.0. The van der Waals surface area contributed by atoms with Crippen molar-refractivity contribution in [1.82, 2.24) is 15.2 Å². The Hall–Kier alpha value is -2.15. The summed E-state index contributed by atoms with van der Waals surface area (Å²) in [6.45, 7) is 0. The molecule has 0 aliphatic heterocycles. The Morgan fingerprint density at radius 1 is 1.16 bits per heavy atom. The third kappa shape index (κ3) is 3.20. The first-order valence-electron chi connectivity index (χ1n) is 7.34. The van der Waals surface area contributed by atoms with Crippen LogP contribution in [0.3, 0.4) is 0 Å². The number of methoxy groups -OCH3 is 1. The van der Waals surface area contributed by atoms with E-state index in [0.717, 1.165) is 21.0 Å². The van der Waals surface area contributed by atoms with Crippen LogP contribution in [0.5, 0.6) is 5.75 Å². The topological polar surface area (TPSA) is 61.0 Å². The number of rotatable bonds is 4. The average Bonchev–Trinajstić information content (AvgIpc) is 3.21. The molecule has 4 rings (SSSR count). The Morgan fingerprint density at radius 3 is 2.84 bits per heavy atom. The largest absolute Gasteiger partial charge is 0.494 e. The summed E-state index contributed by atoms with van der Waals surface area (Å²) < 4.78 is 12.1. The van der Waals surface area contributed by atoms with Crippen LogP contribution < -0.4 is 4.74 Å². The van der Waals surface area contributed by atoms with Gasteiger partial charge in [0.2, 0.25) is 11.8 Å². The molecule has 0 amide bonds. The number of fused-ring (bicyclic) bond motifs is 1. The summed E-state index contributed by atoms with van der Waals surface area (Å²) in [5.41, 5.74) is 1.49. The molecule has 0 N–H and O–H groups in total. The van der Waals surface area contributed by atoms with Crippen molar-refractivity contribution < 1.29 is 9.15 Å². The lowest BCUT2D eigenvalue weighted by molar-refractivity contribution is 0.419. The molecule has 5 nitrogen and oxygen atoms in total. The van der Waals surface area contributed by atoms with Crippen LogP contribution in [0.1, 0.15) is 10.9 Å². The minimum Gasteiger partial charge on any atom is -0.494 e. The number of thiazole rings is 1. The van der Waals surface area contributed by atoms with Crippen molar-refractivity contribution in [3.63, 3.8) is 0 Å². The summed E-state index contributed by atoms with van der Waals surface area (Å²) >= 11 is 13.7. The van der Waals surface area contributed by atoms with E-state index in [4.69, 9.17) is 32.4 Å². The molecule has 0 aliphatic carbocycles. The second kappa shape index (κ2) is 6.63. The van der Waals surface area contributed by atoms with Crippen molar-refractivity contribution in [2.75, 3.05) is 7.11 Å². The molecule has 0 unspecified atom stereocenters. The van der Waals surface area contributed by atoms with E-state index in [0.29, 0.717) is 33.8 Å². The van der Waals surface area contributed by atoms with Gasteiger partial charge in [-0.3, -0.25) is 0 Å². The molecule has 0 atom stereocenters. The van der Waals surface area contributed by atoms with Gasteiger partial charge in [-0.1, -0.05) is 29.3 Å². The fraction of sp³-hybridized carbons (Fsp3) is 0.118. The zero-order valence-corrected chi connectivity index (χ0v) is 15.3. The molecule has 0 aliphatic rings. The van der Waals surface area contributed by atoms with Crippen molar-refractivity contribution in [3.8, 4) is 17.2 Å². The molecule has 0 saturated heterocycles. The SMILES string of the molecule is COc1cccc2sc(Cc3nnc(-c4ccc(Cl)cc4Cl)o3)nc12. The highest BCUT2D eigenvalue weighted by Gasteiger charge is 2.15. The lowest BCUT2D eigenvalue weighted by atomic mass is 10.2. The molecule has 0 bridgehead atoms. The number of aromatic nitrogens is 3. The van der Waals surface area contributed by atoms with Crippen LogP contribution in [0.2, 0.25) is 10.0 Å². The maximum Gasteiger partial charge on any atom is 0.249 e. The molecule has 2 aromatic heterocycles. The third-order valence-electron chi connectivity index (χ3n) is 3.58. The summed E-state index contributed by atoms with van der Waals surface area (Å²) in [6.07, 6.45) is 0.445. The Labute approximate surface area is 157 Å². The number of para-hydroxylation sites is 1. The smallest absolute Gasteiger partial charge is 0.249 e. The minimum absolute atomic E-state index is 0.357. The molecule has 2 heterocycles. The lowest BCUT2D eigenvalue weighted by Gasteiger charge is -1.98. The van der Waals surface area contributed by atoms with E-state index in [1.165, 1.54) is 0 Å². The molecule has 4 aromatic rings. The molecule has 25 heavy (non-hydrogen) atoms. The van der Waals surface area contributed by atoms with Crippen molar-refractivity contribution in [3.05, 3.63) is 57.3 Å². The highest BCUT2D eigenvalue weighted by atomic mass is 35.5. The molecular formula is C17H11Cl2N3O2S. The first-order valence-corrected chi connectivity index (χ1v) is 8.91. The zero-order chi connectivity index (χ0) is 17.4. The first kappa shape index (κ1) is 16.3. The molecule has 0 radical (unpaired) electrons. The number of benzene rings is 2. The quantitative estimate of drug-likeness (QED) is 0.475. The maximum absolute atomic E-state index is 6.18. The van der Waals surface area contributed by atoms with Crippen molar-refractivity contribution in [2.24, 2.45) is 0 Å². The van der Waals surface area contributed by atoms with Crippen LogP contribution in [0.25, 0.3) is 21.7 Å². The predicted molar refractivity (Wildman–Crippen MR) is 98.7 cm³/mol. The fourth-order valence-electron chi connectivity index (χ4n) is 2.44. The third-order valence-corrected chi connectivity index (χ3v) is 5.15. The van der Waals surface area contributed by atoms with Gasteiger partial charge in [0.25, 0.3) is 0 Å². The van der Waals surface area contributed by atoms with Gasteiger partial charge in [-0.05, 0) is 30.3 Å². The molecular weight excluding hydrogens is 381 g/mol. The molecule has 0 fully saturated rings. The number of hydrogen-bond acceptors (Lipinski definition) is 6. The van der Waals surface area contributed by atoms with Gasteiger partial charge in [0.05, 0.1) is 28.8 Å². The summed E-state index contributed by atoms with van der Waals surface area (Å²) in [6, 6.07) is 11.0. The fourth-order valence-corrected chi connectivity index (χ4v) is 3.90. The molecule has 0 saturated carbocycles. The van der Waals surface area contributed by atoms with E-state index in [-0.39, 0.29) is 0 Å². The van der Waals surface area contributed by atoms with Gasteiger partial charge < -0.3 is 9.15 Å². The number of halogens is 2. The van der Waals surface area contributed by atoms with Gasteiger partial charge in [0, 0.05) is 5.02 Å². The van der Waals surface area contributed by atoms with Gasteiger partial charge in [-0.25, -0.2) is 4.98 Å². The Morgan fingerprint density at radius 2 is 2.04 bits per heavy atom. The van der Waals surface area contributed by atoms with E-state index < -0.39 is 0 Å². The first-order chi connectivity index (χ1) is 12.1.